The van der Waals surface area contributed by atoms with E-state index in [9.17, 15) is 4.79 Å². The van der Waals surface area contributed by atoms with Gasteiger partial charge in [-0.05, 0) is 13.3 Å². The summed E-state index contributed by atoms with van der Waals surface area (Å²) < 4.78 is 0. The van der Waals surface area contributed by atoms with Crippen molar-refractivity contribution in [1.29, 1.82) is 0 Å². The molecule has 4 N–H and O–H groups in total. The molecule has 2 atom stereocenters. The molecule has 2 unspecified atom stereocenters. The third-order valence-corrected chi connectivity index (χ3v) is 3.24. The molecular formula is C10H17N3O2S. The second-order valence-electron chi connectivity index (χ2n) is 3.62. The molecule has 1 heterocycles. The maximum Gasteiger partial charge on any atom is 0.271 e. The third kappa shape index (κ3) is 3.26. The fourth-order valence-electron chi connectivity index (χ4n) is 1.14. The Balaban J connectivity index is 2.65. The number of nitrogens with one attached hydrogen (secondary N) is 1. The van der Waals surface area contributed by atoms with Gasteiger partial charge in [-0.15, -0.1) is 11.3 Å². The van der Waals surface area contributed by atoms with E-state index in [-0.39, 0.29) is 24.6 Å². The highest BCUT2D eigenvalue weighted by Gasteiger charge is 2.15. The quantitative estimate of drug-likeness (QED) is 0.709. The number of aromatic nitrogens is 1. The molecule has 0 radical (unpaired) electrons. The first kappa shape index (κ1) is 13.1. The van der Waals surface area contributed by atoms with Gasteiger partial charge >= 0.3 is 0 Å². The lowest BCUT2D eigenvalue weighted by Gasteiger charge is -2.12. The van der Waals surface area contributed by atoms with E-state index in [1.165, 1.54) is 11.3 Å². The van der Waals surface area contributed by atoms with E-state index in [0.717, 1.165) is 5.01 Å². The smallest absolute Gasteiger partial charge is 0.271 e. The molecule has 0 aromatic carbocycles. The number of carbonyl (C=O) groups is 1. The zero-order valence-electron chi connectivity index (χ0n) is 9.43. The van der Waals surface area contributed by atoms with Crippen LogP contribution in [0.1, 0.15) is 41.8 Å². The van der Waals surface area contributed by atoms with Crippen LogP contribution in [0.5, 0.6) is 0 Å². The van der Waals surface area contributed by atoms with Crippen LogP contribution in [-0.2, 0) is 0 Å². The predicted octanol–water partition coefficient (Wildman–Crippen LogP) is 0.664. The summed E-state index contributed by atoms with van der Waals surface area (Å²) in [4.78, 5) is 15.8. The number of hydrogen-bond donors (Lipinski definition) is 3. The molecule has 0 fully saturated rings. The molecular weight excluding hydrogens is 226 g/mol. The van der Waals surface area contributed by atoms with E-state index in [0.29, 0.717) is 12.1 Å². The van der Waals surface area contributed by atoms with Crippen molar-refractivity contribution in [3.05, 3.63) is 16.1 Å². The summed E-state index contributed by atoms with van der Waals surface area (Å²) in [5.41, 5.74) is 6.02. The van der Waals surface area contributed by atoms with Crippen LogP contribution in [0, 0.1) is 0 Å². The van der Waals surface area contributed by atoms with E-state index in [1.54, 1.807) is 5.38 Å². The van der Waals surface area contributed by atoms with E-state index in [4.69, 9.17) is 10.8 Å². The molecule has 0 bridgehead atoms. The molecule has 16 heavy (non-hydrogen) atoms. The second kappa shape index (κ2) is 5.93. The van der Waals surface area contributed by atoms with Gasteiger partial charge in [-0.1, -0.05) is 6.92 Å². The molecule has 5 nitrogen and oxygen atoms in total. The van der Waals surface area contributed by atoms with Crippen LogP contribution in [-0.4, -0.2) is 28.6 Å². The van der Waals surface area contributed by atoms with Crippen molar-refractivity contribution < 1.29 is 9.90 Å². The fraction of sp³-hybridized carbons (Fsp3) is 0.600. The number of rotatable bonds is 5. The Labute approximate surface area is 98.7 Å². The molecule has 1 rings (SSSR count). The van der Waals surface area contributed by atoms with Gasteiger partial charge in [0.2, 0.25) is 0 Å². The lowest BCUT2D eigenvalue weighted by atomic mass is 10.2. The summed E-state index contributed by atoms with van der Waals surface area (Å²) in [5, 5.41) is 14.1. The Morgan fingerprint density at radius 3 is 2.88 bits per heavy atom. The minimum absolute atomic E-state index is 0.0630. The minimum Gasteiger partial charge on any atom is -0.394 e. The van der Waals surface area contributed by atoms with Crippen LogP contribution in [0.4, 0.5) is 0 Å². The first-order valence-electron chi connectivity index (χ1n) is 5.21. The number of hydrogen-bond acceptors (Lipinski definition) is 5. The number of aliphatic hydroxyl groups excluding tert-OH is 1. The molecule has 90 valence electrons. The van der Waals surface area contributed by atoms with Crippen molar-refractivity contribution in [2.24, 2.45) is 5.73 Å². The summed E-state index contributed by atoms with van der Waals surface area (Å²) in [7, 11) is 0. The molecule has 1 aromatic heterocycles. The number of amides is 1. The van der Waals surface area contributed by atoms with Crippen LogP contribution >= 0.6 is 11.3 Å². The molecule has 0 aliphatic rings. The van der Waals surface area contributed by atoms with E-state index in [2.05, 4.69) is 10.3 Å². The molecule has 1 aromatic rings. The van der Waals surface area contributed by atoms with Gasteiger partial charge < -0.3 is 16.2 Å². The van der Waals surface area contributed by atoms with Gasteiger partial charge in [0.05, 0.1) is 18.7 Å². The number of nitrogens with zero attached hydrogens (tertiary/aromatic N) is 1. The molecule has 0 spiro atoms. The predicted molar refractivity (Wildman–Crippen MR) is 63.3 cm³/mol. The normalized spacial score (nSPS) is 14.5. The first-order valence-corrected chi connectivity index (χ1v) is 6.09. The van der Waals surface area contributed by atoms with Crippen molar-refractivity contribution in [2.75, 3.05) is 6.61 Å². The van der Waals surface area contributed by atoms with Gasteiger partial charge in [0.15, 0.2) is 0 Å². The SMILES string of the molecule is CCC(CO)NC(=O)c1csc(C(C)N)n1. The van der Waals surface area contributed by atoms with Crippen LogP contribution in [0.3, 0.4) is 0 Å². The fourth-order valence-corrected chi connectivity index (χ4v) is 1.90. The molecule has 0 aliphatic carbocycles. The maximum atomic E-state index is 11.7. The van der Waals surface area contributed by atoms with E-state index >= 15 is 0 Å². The maximum absolute atomic E-state index is 11.7. The average Bonchev–Trinajstić information content (AvgIpc) is 2.74. The van der Waals surface area contributed by atoms with Crippen LogP contribution < -0.4 is 11.1 Å². The van der Waals surface area contributed by atoms with Gasteiger partial charge in [-0.25, -0.2) is 4.98 Å². The summed E-state index contributed by atoms with van der Waals surface area (Å²) in [6, 6.07) is -0.376. The van der Waals surface area contributed by atoms with Gasteiger partial charge in [-0.2, -0.15) is 0 Å². The van der Waals surface area contributed by atoms with Crippen molar-refractivity contribution in [2.45, 2.75) is 32.4 Å². The van der Waals surface area contributed by atoms with Crippen molar-refractivity contribution in [3.63, 3.8) is 0 Å². The van der Waals surface area contributed by atoms with E-state index in [1.807, 2.05) is 13.8 Å². The Kier molecular flexibility index (Phi) is 4.85. The third-order valence-electron chi connectivity index (χ3n) is 2.19. The number of nitrogens with two attached hydrogens (primary N) is 1. The minimum atomic E-state index is -0.260. The Morgan fingerprint density at radius 2 is 2.44 bits per heavy atom. The molecule has 0 aliphatic heterocycles. The summed E-state index contributed by atoms with van der Waals surface area (Å²) in [6.07, 6.45) is 0.687. The number of thiazole rings is 1. The molecule has 1 amide bonds. The van der Waals surface area contributed by atoms with Crippen LogP contribution in [0.25, 0.3) is 0 Å². The summed E-state index contributed by atoms with van der Waals surface area (Å²) in [6.45, 7) is 3.66. The highest BCUT2D eigenvalue weighted by atomic mass is 32.1. The standard InChI is InChI=1S/C10H17N3O2S/c1-3-7(4-14)12-9(15)8-5-16-10(13-8)6(2)11/h5-7,14H,3-4,11H2,1-2H3,(H,12,15). The van der Waals surface area contributed by atoms with Crippen LogP contribution in [0.15, 0.2) is 5.38 Å². The van der Waals surface area contributed by atoms with Gasteiger partial charge in [0, 0.05) is 5.38 Å². The zero-order valence-corrected chi connectivity index (χ0v) is 10.3. The topological polar surface area (TPSA) is 88.2 Å². The van der Waals surface area contributed by atoms with Crippen molar-refractivity contribution in [1.82, 2.24) is 10.3 Å². The number of carbonyl (C=O) groups excluding carboxylic acids is 1. The zero-order chi connectivity index (χ0) is 12.1. The average molecular weight is 243 g/mol. The van der Waals surface area contributed by atoms with Gasteiger partial charge in [-0.3, -0.25) is 4.79 Å². The molecule has 0 saturated carbocycles. The highest BCUT2D eigenvalue weighted by molar-refractivity contribution is 7.09. The first-order chi connectivity index (χ1) is 7.58. The monoisotopic (exact) mass is 243 g/mol. The number of aliphatic hydroxyl groups is 1. The van der Waals surface area contributed by atoms with Gasteiger partial charge in [0.1, 0.15) is 10.7 Å². The van der Waals surface area contributed by atoms with Crippen LogP contribution in [0.2, 0.25) is 0 Å². The highest BCUT2D eigenvalue weighted by Crippen LogP contribution is 2.15. The summed E-state index contributed by atoms with van der Waals surface area (Å²) in [5.74, 6) is -0.260. The molecule has 6 heteroatoms. The largest absolute Gasteiger partial charge is 0.394 e. The lowest BCUT2D eigenvalue weighted by Crippen LogP contribution is -2.37. The summed E-state index contributed by atoms with van der Waals surface area (Å²) >= 11 is 1.37. The Hall–Kier alpha value is -0.980. The van der Waals surface area contributed by atoms with Crippen molar-refractivity contribution in [3.8, 4) is 0 Å². The Morgan fingerprint density at radius 1 is 1.75 bits per heavy atom. The Bertz CT molecular complexity index is 348. The van der Waals surface area contributed by atoms with Crippen molar-refractivity contribution >= 4 is 17.2 Å². The van der Waals surface area contributed by atoms with Gasteiger partial charge in [0.25, 0.3) is 5.91 Å². The second-order valence-corrected chi connectivity index (χ2v) is 4.51. The lowest BCUT2D eigenvalue weighted by molar-refractivity contribution is 0.0910. The molecule has 0 saturated heterocycles. The van der Waals surface area contributed by atoms with E-state index < -0.39 is 0 Å².